The van der Waals surface area contributed by atoms with Gasteiger partial charge in [0, 0.05) is 22.7 Å². The highest BCUT2D eigenvalue weighted by atomic mass is 32.1. The molecule has 0 spiro atoms. The molecule has 148 valence electrons. The number of rotatable bonds is 5. The van der Waals surface area contributed by atoms with E-state index in [4.69, 9.17) is 4.42 Å². The minimum absolute atomic E-state index is 0.00334. The van der Waals surface area contributed by atoms with E-state index < -0.39 is 23.5 Å². The van der Waals surface area contributed by atoms with Crippen molar-refractivity contribution in [3.63, 3.8) is 0 Å². The third-order valence-electron chi connectivity index (χ3n) is 5.10. The highest BCUT2D eigenvalue weighted by molar-refractivity contribution is 7.09. The van der Waals surface area contributed by atoms with Gasteiger partial charge in [-0.2, -0.15) is 0 Å². The highest BCUT2D eigenvalue weighted by Gasteiger charge is 2.44. The number of Topliss-reactive ketones (excluding diaryl/α,β-unsaturated/α-hetero) is 1. The Morgan fingerprint density at radius 2 is 2.03 bits per heavy atom. The first-order valence-corrected chi connectivity index (χ1v) is 10.2. The number of hydrogen-bond acceptors (Lipinski definition) is 6. The molecule has 1 atom stereocenters. The number of thiophene rings is 1. The maximum Gasteiger partial charge on any atom is 0.290 e. The molecule has 0 saturated heterocycles. The second-order valence-electron chi connectivity index (χ2n) is 6.94. The number of furan rings is 1. The number of aromatic nitrogens is 1. The molecule has 1 aliphatic heterocycles. The number of carbonyl (C=O) groups is 2. The number of benzene rings is 1. The molecule has 5 rings (SSSR count). The van der Waals surface area contributed by atoms with E-state index in [-0.39, 0.29) is 17.9 Å². The Labute approximate surface area is 175 Å². The molecule has 0 saturated carbocycles. The highest BCUT2D eigenvalue weighted by Crippen LogP contribution is 2.40. The number of aliphatic hydroxyl groups excluding tert-OH is 1. The van der Waals surface area contributed by atoms with Crippen molar-refractivity contribution in [1.29, 1.82) is 0 Å². The van der Waals surface area contributed by atoms with Gasteiger partial charge in [0.25, 0.3) is 5.91 Å². The zero-order valence-corrected chi connectivity index (χ0v) is 16.5. The summed E-state index contributed by atoms with van der Waals surface area (Å²) in [6.45, 7) is 0.275. The summed E-state index contributed by atoms with van der Waals surface area (Å²) in [5.41, 5.74) is 1.22. The molecule has 4 aromatic rings. The van der Waals surface area contributed by atoms with Gasteiger partial charge in [-0.1, -0.05) is 30.3 Å². The Balaban J connectivity index is 1.60. The predicted octanol–water partition coefficient (Wildman–Crippen LogP) is 4.67. The molecule has 0 fully saturated rings. The van der Waals surface area contributed by atoms with Crippen LogP contribution in [0.5, 0.6) is 0 Å². The lowest BCUT2D eigenvalue weighted by Gasteiger charge is -2.25. The van der Waals surface area contributed by atoms with E-state index in [0.717, 1.165) is 10.3 Å². The molecule has 0 bridgehead atoms. The van der Waals surface area contributed by atoms with Crippen LogP contribution in [0.3, 0.4) is 0 Å². The molecule has 1 amide bonds. The predicted molar refractivity (Wildman–Crippen MR) is 112 cm³/mol. The van der Waals surface area contributed by atoms with Gasteiger partial charge >= 0.3 is 0 Å². The van der Waals surface area contributed by atoms with Gasteiger partial charge in [0.2, 0.25) is 5.78 Å². The Morgan fingerprint density at radius 3 is 2.77 bits per heavy atom. The van der Waals surface area contributed by atoms with Crippen LogP contribution in [-0.4, -0.2) is 26.7 Å². The monoisotopic (exact) mass is 416 g/mol. The first kappa shape index (κ1) is 18.3. The summed E-state index contributed by atoms with van der Waals surface area (Å²) in [5.74, 6) is -1.57. The van der Waals surface area contributed by atoms with Crippen LogP contribution in [0.25, 0.3) is 11.0 Å². The van der Waals surface area contributed by atoms with E-state index >= 15 is 0 Å². The molecule has 1 unspecified atom stereocenters. The van der Waals surface area contributed by atoms with E-state index in [1.54, 1.807) is 36.7 Å². The van der Waals surface area contributed by atoms with E-state index in [0.29, 0.717) is 11.1 Å². The smallest absolute Gasteiger partial charge is 0.290 e. The normalized spacial score (nSPS) is 16.6. The van der Waals surface area contributed by atoms with Crippen molar-refractivity contribution in [2.45, 2.75) is 12.6 Å². The van der Waals surface area contributed by atoms with Crippen LogP contribution in [0, 0.1) is 0 Å². The standard InChI is InChI=1S/C23H16N2O4S/c26-21(18-11-14-5-1-2-8-17(14)29-18)19-20(15-6-3-9-24-12-15)25(23(28)22(19)27)13-16-7-4-10-30-16/h1-12,20,27H,13H2. The van der Waals surface area contributed by atoms with Crippen molar-refractivity contribution in [3.05, 3.63) is 99.9 Å². The summed E-state index contributed by atoms with van der Waals surface area (Å²) in [7, 11) is 0. The lowest BCUT2D eigenvalue weighted by atomic mass is 9.96. The minimum Gasteiger partial charge on any atom is -0.503 e. The topological polar surface area (TPSA) is 83.6 Å². The maximum absolute atomic E-state index is 13.4. The van der Waals surface area contributed by atoms with Crippen LogP contribution in [0.15, 0.2) is 88.1 Å². The second-order valence-corrected chi connectivity index (χ2v) is 7.97. The Bertz CT molecular complexity index is 1240. The fourth-order valence-corrected chi connectivity index (χ4v) is 4.43. The van der Waals surface area contributed by atoms with Gasteiger partial charge in [0.05, 0.1) is 18.2 Å². The van der Waals surface area contributed by atoms with Crippen LogP contribution >= 0.6 is 11.3 Å². The molecule has 7 heteroatoms. The largest absolute Gasteiger partial charge is 0.503 e. The van der Waals surface area contributed by atoms with E-state index in [2.05, 4.69) is 4.98 Å². The summed E-state index contributed by atoms with van der Waals surface area (Å²) >= 11 is 1.51. The lowest BCUT2D eigenvalue weighted by Crippen LogP contribution is -2.30. The number of pyridine rings is 1. The van der Waals surface area contributed by atoms with Gasteiger partial charge in [0.1, 0.15) is 5.58 Å². The van der Waals surface area contributed by atoms with Gasteiger partial charge in [-0.15, -0.1) is 11.3 Å². The van der Waals surface area contributed by atoms with Gasteiger partial charge in [-0.25, -0.2) is 0 Å². The molecule has 1 aromatic carbocycles. The van der Waals surface area contributed by atoms with E-state index in [1.165, 1.54) is 16.2 Å². The van der Waals surface area contributed by atoms with Crippen LogP contribution in [0.1, 0.15) is 27.0 Å². The van der Waals surface area contributed by atoms with Crippen molar-refractivity contribution >= 4 is 34.0 Å². The van der Waals surface area contributed by atoms with Crippen molar-refractivity contribution in [3.8, 4) is 0 Å². The minimum atomic E-state index is -0.756. The SMILES string of the molecule is O=C(C1=C(O)C(=O)N(Cc2cccs2)C1c1cccnc1)c1cc2ccccc2o1. The van der Waals surface area contributed by atoms with Gasteiger partial charge in [-0.3, -0.25) is 14.6 Å². The Morgan fingerprint density at radius 1 is 1.17 bits per heavy atom. The third kappa shape index (κ3) is 3.00. The fourth-order valence-electron chi connectivity index (χ4n) is 3.73. The average molecular weight is 416 g/mol. The molecule has 30 heavy (non-hydrogen) atoms. The first-order chi connectivity index (χ1) is 14.6. The Kier molecular flexibility index (Phi) is 4.44. The maximum atomic E-state index is 13.4. The summed E-state index contributed by atoms with van der Waals surface area (Å²) in [6.07, 6.45) is 3.22. The molecule has 0 aliphatic carbocycles. The molecule has 1 N–H and O–H groups in total. The average Bonchev–Trinajstić information content (AvgIpc) is 3.49. The third-order valence-corrected chi connectivity index (χ3v) is 5.97. The number of nitrogens with zero attached hydrogens (tertiary/aromatic N) is 2. The number of fused-ring (bicyclic) bond motifs is 1. The van der Waals surface area contributed by atoms with Gasteiger partial charge in [0.15, 0.2) is 11.5 Å². The van der Waals surface area contributed by atoms with Gasteiger partial charge in [-0.05, 0) is 35.2 Å². The summed E-state index contributed by atoms with van der Waals surface area (Å²) in [4.78, 5) is 32.9. The summed E-state index contributed by atoms with van der Waals surface area (Å²) in [6, 6.07) is 15.5. The van der Waals surface area contributed by atoms with Crippen molar-refractivity contribution in [2.24, 2.45) is 0 Å². The summed E-state index contributed by atoms with van der Waals surface area (Å²) < 4.78 is 5.71. The first-order valence-electron chi connectivity index (χ1n) is 9.33. The van der Waals surface area contributed by atoms with E-state index in [1.807, 2.05) is 35.7 Å². The lowest BCUT2D eigenvalue weighted by molar-refractivity contribution is -0.130. The number of aliphatic hydroxyl groups is 1. The number of hydrogen-bond donors (Lipinski definition) is 1. The van der Waals surface area contributed by atoms with Crippen LogP contribution < -0.4 is 0 Å². The number of carbonyl (C=O) groups excluding carboxylic acids is 2. The molecule has 1 aliphatic rings. The molecule has 6 nitrogen and oxygen atoms in total. The van der Waals surface area contributed by atoms with Crippen LogP contribution in [0.2, 0.25) is 0 Å². The zero-order chi connectivity index (χ0) is 20.7. The molecule has 0 radical (unpaired) electrons. The van der Waals surface area contributed by atoms with Crippen LogP contribution in [0.4, 0.5) is 0 Å². The zero-order valence-electron chi connectivity index (χ0n) is 15.7. The van der Waals surface area contributed by atoms with Crippen molar-refractivity contribution in [1.82, 2.24) is 9.88 Å². The molecule has 4 heterocycles. The van der Waals surface area contributed by atoms with Crippen LogP contribution in [-0.2, 0) is 11.3 Å². The van der Waals surface area contributed by atoms with Crippen molar-refractivity contribution in [2.75, 3.05) is 0 Å². The molecular formula is C23H16N2O4S. The van der Waals surface area contributed by atoms with E-state index in [9.17, 15) is 14.7 Å². The van der Waals surface area contributed by atoms with Crippen molar-refractivity contribution < 1.29 is 19.1 Å². The summed E-state index contributed by atoms with van der Waals surface area (Å²) in [5, 5.41) is 13.4. The fraction of sp³-hybridized carbons (Fsp3) is 0.0870. The quantitative estimate of drug-likeness (QED) is 0.478. The number of amides is 1. The van der Waals surface area contributed by atoms with Gasteiger partial charge < -0.3 is 14.4 Å². The molecular weight excluding hydrogens is 400 g/mol. The number of para-hydroxylation sites is 1. The Hall–Kier alpha value is -3.71. The second kappa shape index (κ2) is 7.27. The number of ketones is 1. The molecule has 3 aromatic heterocycles.